The van der Waals surface area contributed by atoms with Crippen molar-refractivity contribution in [1.82, 2.24) is 15.1 Å². The summed E-state index contributed by atoms with van der Waals surface area (Å²) in [4.78, 5) is 21.2. The Hall–Kier alpha value is -1.31. The van der Waals surface area contributed by atoms with Crippen LogP contribution >= 0.6 is 24.0 Å². The van der Waals surface area contributed by atoms with Gasteiger partial charge in [0.05, 0.1) is 0 Å². The van der Waals surface area contributed by atoms with E-state index in [2.05, 4.69) is 41.3 Å². The van der Waals surface area contributed by atoms with Crippen molar-refractivity contribution in [3.8, 4) is 0 Å². The Bertz CT molecular complexity index is 660. The van der Waals surface area contributed by atoms with Crippen molar-refractivity contribution in [3.63, 3.8) is 0 Å². The molecule has 1 saturated carbocycles. The molecule has 1 fully saturated rings. The quantitative estimate of drug-likeness (QED) is 0.268. The molecule has 6 heteroatoms. The van der Waals surface area contributed by atoms with Crippen LogP contribution in [0.3, 0.4) is 0 Å². The van der Waals surface area contributed by atoms with Crippen LogP contribution in [0.1, 0.15) is 56.6 Å². The van der Waals surface area contributed by atoms with Crippen LogP contribution in [0.4, 0.5) is 0 Å². The number of hydrogen-bond donors (Lipinski definition) is 1. The van der Waals surface area contributed by atoms with Crippen molar-refractivity contribution in [2.45, 2.75) is 58.5 Å². The standard InChI is InChI=1S/C23H36N4O.HI/c1-18-10-12-19(13-11-18)15-26(3)23(24-2)25-14-6-9-22(28)27-16-20-7-4-5-8-21(20)17-27;/h4-5,7-8,18-19H,6,9-17H2,1-3H3,(H,24,25);1H. The average molecular weight is 512 g/mol. The first-order valence-electron chi connectivity index (χ1n) is 10.8. The van der Waals surface area contributed by atoms with Crippen LogP contribution in [0.15, 0.2) is 29.3 Å². The van der Waals surface area contributed by atoms with E-state index >= 15 is 0 Å². The number of amides is 1. The molecule has 1 amide bonds. The molecule has 1 aliphatic carbocycles. The summed E-state index contributed by atoms with van der Waals surface area (Å²) in [6.45, 7) is 5.73. The molecular formula is C23H37IN4O. The van der Waals surface area contributed by atoms with Crippen LogP contribution in [0, 0.1) is 11.8 Å². The van der Waals surface area contributed by atoms with E-state index in [-0.39, 0.29) is 29.9 Å². The van der Waals surface area contributed by atoms with Crippen molar-refractivity contribution in [2.24, 2.45) is 16.8 Å². The van der Waals surface area contributed by atoms with Crippen molar-refractivity contribution in [2.75, 3.05) is 27.2 Å². The van der Waals surface area contributed by atoms with Gasteiger partial charge in [0, 0.05) is 46.7 Å². The fraction of sp³-hybridized carbons (Fsp3) is 0.652. The van der Waals surface area contributed by atoms with Gasteiger partial charge < -0.3 is 15.1 Å². The fourth-order valence-electron chi connectivity index (χ4n) is 4.48. The summed E-state index contributed by atoms with van der Waals surface area (Å²) in [5.41, 5.74) is 2.57. The average Bonchev–Trinajstić information content (AvgIpc) is 3.14. The monoisotopic (exact) mass is 512 g/mol. The van der Waals surface area contributed by atoms with E-state index in [4.69, 9.17) is 0 Å². The lowest BCUT2D eigenvalue weighted by molar-refractivity contribution is -0.131. The summed E-state index contributed by atoms with van der Waals surface area (Å²) in [6.07, 6.45) is 6.78. The van der Waals surface area contributed by atoms with Crippen LogP contribution < -0.4 is 5.32 Å². The Morgan fingerprint density at radius 2 is 1.79 bits per heavy atom. The fourth-order valence-corrected chi connectivity index (χ4v) is 4.48. The highest BCUT2D eigenvalue weighted by atomic mass is 127. The molecule has 162 valence electrons. The maximum atomic E-state index is 12.5. The third kappa shape index (κ3) is 6.86. The number of rotatable bonds is 6. The second kappa shape index (κ2) is 11.8. The third-order valence-corrected chi connectivity index (χ3v) is 6.28. The smallest absolute Gasteiger partial charge is 0.223 e. The van der Waals surface area contributed by atoms with Crippen molar-refractivity contribution < 1.29 is 4.79 Å². The molecule has 0 saturated heterocycles. The number of nitrogens with zero attached hydrogens (tertiary/aromatic N) is 3. The van der Waals surface area contributed by atoms with E-state index in [1.54, 1.807) is 0 Å². The van der Waals surface area contributed by atoms with Gasteiger partial charge in [-0.05, 0) is 42.2 Å². The Morgan fingerprint density at radius 1 is 1.17 bits per heavy atom. The third-order valence-electron chi connectivity index (χ3n) is 6.28. The van der Waals surface area contributed by atoms with E-state index in [1.165, 1.54) is 36.8 Å². The number of halogens is 1. The maximum Gasteiger partial charge on any atom is 0.223 e. The van der Waals surface area contributed by atoms with Crippen molar-refractivity contribution >= 4 is 35.8 Å². The number of aliphatic imine (C=N–C) groups is 1. The number of nitrogens with one attached hydrogen (secondary N) is 1. The summed E-state index contributed by atoms with van der Waals surface area (Å²) < 4.78 is 0. The Morgan fingerprint density at radius 3 is 2.38 bits per heavy atom. The van der Waals surface area contributed by atoms with Crippen molar-refractivity contribution in [3.05, 3.63) is 35.4 Å². The Balaban J connectivity index is 0.00000300. The number of guanidine groups is 1. The van der Waals surface area contributed by atoms with Gasteiger partial charge in [-0.15, -0.1) is 24.0 Å². The molecule has 1 aromatic carbocycles. The number of hydrogen-bond acceptors (Lipinski definition) is 2. The van der Waals surface area contributed by atoms with Gasteiger partial charge in [-0.25, -0.2) is 0 Å². The molecule has 0 aromatic heterocycles. The highest BCUT2D eigenvalue weighted by Gasteiger charge is 2.23. The molecule has 1 aromatic rings. The van der Waals surface area contributed by atoms with Gasteiger partial charge in [0.25, 0.3) is 0 Å². The van der Waals surface area contributed by atoms with E-state index < -0.39 is 0 Å². The minimum Gasteiger partial charge on any atom is -0.356 e. The van der Waals surface area contributed by atoms with Gasteiger partial charge in [0.15, 0.2) is 5.96 Å². The molecule has 5 nitrogen and oxygen atoms in total. The summed E-state index contributed by atoms with van der Waals surface area (Å²) in [5.74, 6) is 2.86. The molecule has 0 radical (unpaired) electrons. The first kappa shape index (κ1) is 24.0. The molecule has 1 heterocycles. The minimum atomic E-state index is 0. The van der Waals surface area contributed by atoms with Gasteiger partial charge in [-0.2, -0.15) is 0 Å². The zero-order valence-corrected chi connectivity index (χ0v) is 20.5. The number of benzene rings is 1. The highest BCUT2D eigenvalue weighted by molar-refractivity contribution is 14.0. The lowest BCUT2D eigenvalue weighted by atomic mass is 9.83. The normalized spacial score (nSPS) is 21.3. The number of fused-ring (bicyclic) bond motifs is 1. The van der Waals surface area contributed by atoms with E-state index in [9.17, 15) is 4.79 Å². The molecule has 0 bridgehead atoms. The molecule has 2 aliphatic rings. The predicted octanol–water partition coefficient (Wildman–Crippen LogP) is 4.26. The first-order chi connectivity index (χ1) is 13.6. The van der Waals surface area contributed by atoms with Gasteiger partial charge in [0.1, 0.15) is 0 Å². The van der Waals surface area contributed by atoms with Crippen LogP contribution in [-0.2, 0) is 17.9 Å². The van der Waals surface area contributed by atoms with Gasteiger partial charge in [0.2, 0.25) is 5.91 Å². The molecular weight excluding hydrogens is 475 g/mol. The zero-order valence-electron chi connectivity index (χ0n) is 18.2. The number of carbonyl (C=O) groups excluding carboxylic acids is 1. The summed E-state index contributed by atoms with van der Waals surface area (Å²) in [6, 6.07) is 8.34. The lowest BCUT2D eigenvalue weighted by Gasteiger charge is -2.31. The summed E-state index contributed by atoms with van der Waals surface area (Å²) in [7, 11) is 3.97. The van der Waals surface area contributed by atoms with Crippen LogP contribution in [-0.4, -0.2) is 48.9 Å². The Labute approximate surface area is 193 Å². The Kier molecular flexibility index (Phi) is 9.72. The molecule has 3 rings (SSSR count). The molecule has 0 spiro atoms. The summed E-state index contributed by atoms with van der Waals surface area (Å²) >= 11 is 0. The molecule has 1 N–H and O–H groups in total. The van der Waals surface area contributed by atoms with E-state index in [0.717, 1.165) is 50.4 Å². The summed E-state index contributed by atoms with van der Waals surface area (Å²) in [5, 5.41) is 3.44. The largest absolute Gasteiger partial charge is 0.356 e. The van der Waals surface area contributed by atoms with Crippen LogP contribution in [0.25, 0.3) is 0 Å². The zero-order chi connectivity index (χ0) is 19.9. The minimum absolute atomic E-state index is 0. The second-order valence-corrected chi connectivity index (χ2v) is 8.60. The number of carbonyl (C=O) groups is 1. The molecule has 1 aliphatic heterocycles. The molecule has 0 unspecified atom stereocenters. The first-order valence-corrected chi connectivity index (χ1v) is 10.8. The van der Waals surface area contributed by atoms with Crippen LogP contribution in [0.5, 0.6) is 0 Å². The van der Waals surface area contributed by atoms with Gasteiger partial charge >= 0.3 is 0 Å². The maximum absolute atomic E-state index is 12.5. The molecule has 0 atom stereocenters. The van der Waals surface area contributed by atoms with E-state index in [0.29, 0.717) is 6.42 Å². The van der Waals surface area contributed by atoms with Gasteiger partial charge in [-0.3, -0.25) is 9.79 Å². The molecule has 29 heavy (non-hydrogen) atoms. The predicted molar refractivity (Wildman–Crippen MR) is 130 cm³/mol. The lowest BCUT2D eigenvalue weighted by Crippen LogP contribution is -2.42. The highest BCUT2D eigenvalue weighted by Crippen LogP contribution is 2.28. The van der Waals surface area contributed by atoms with Gasteiger partial charge in [-0.1, -0.05) is 44.0 Å². The topological polar surface area (TPSA) is 47.9 Å². The SMILES string of the molecule is CN=C(NCCCC(=O)N1Cc2ccccc2C1)N(C)CC1CCC(C)CC1.I. The second-order valence-electron chi connectivity index (χ2n) is 8.60. The van der Waals surface area contributed by atoms with Crippen molar-refractivity contribution in [1.29, 1.82) is 0 Å². The van der Waals surface area contributed by atoms with Crippen LogP contribution in [0.2, 0.25) is 0 Å². The van der Waals surface area contributed by atoms with E-state index in [1.807, 2.05) is 24.1 Å².